The van der Waals surface area contributed by atoms with E-state index in [1.54, 1.807) is 0 Å². The second-order valence-electron chi connectivity index (χ2n) is 7.16. The average Bonchev–Trinajstić information content (AvgIpc) is 3.03. The van der Waals surface area contributed by atoms with Crippen LogP contribution in [0.15, 0.2) is 18.3 Å². The van der Waals surface area contributed by atoms with Crippen molar-refractivity contribution in [1.82, 2.24) is 14.9 Å². The maximum atomic E-state index is 12.2. The summed E-state index contributed by atoms with van der Waals surface area (Å²) in [5.74, 6) is 1.95. The zero-order valence-corrected chi connectivity index (χ0v) is 16.4. The Balaban J connectivity index is 1.56. The first-order chi connectivity index (χ1) is 12.4. The highest BCUT2D eigenvalue weighted by Crippen LogP contribution is 2.31. The van der Waals surface area contributed by atoms with Gasteiger partial charge in [-0.15, -0.1) is 0 Å². The number of ether oxygens (including phenoxy) is 1. The van der Waals surface area contributed by atoms with Gasteiger partial charge in [-0.3, -0.25) is 4.79 Å². The summed E-state index contributed by atoms with van der Waals surface area (Å²) in [6, 6.07) is 3.82. The van der Waals surface area contributed by atoms with Crippen molar-refractivity contribution < 1.29 is 9.53 Å². The van der Waals surface area contributed by atoms with Crippen LogP contribution in [0.25, 0.3) is 0 Å². The number of halogens is 1. The van der Waals surface area contributed by atoms with Crippen LogP contribution >= 0.6 is 11.6 Å². The number of hydrogen-bond donors (Lipinski definition) is 1. The average molecular weight is 376 g/mol. The topological polar surface area (TPSA) is 56.1 Å². The number of carbonyl (C=O) groups excluding carboxylic acids is 1. The van der Waals surface area contributed by atoms with E-state index in [1.807, 2.05) is 25.3 Å². The summed E-state index contributed by atoms with van der Waals surface area (Å²) in [7, 11) is 0. The third kappa shape index (κ3) is 4.39. The van der Waals surface area contributed by atoms with Crippen LogP contribution in [-0.4, -0.2) is 22.1 Å². The van der Waals surface area contributed by atoms with Crippen LogP contribution in [0.1, 0.15) is 55.3 Å². The largest absolute Gasteiger partial charge is 0.483 e. The van der Waals surface area contributed by atoms with Crippen molar-refractivity contribution in [2.24, 2.45) is 0 Å². The van der Waals surface area contributed by atoms with Crippen molar-refractivity contribution in [1.29, 1.82) is 0 Å². The van der Waals surface area contributed by atoms with E-state index >= 15 is 0 Å². The third-order valence-corrected chi connectivity index (χ3v) is 5.10. The van der Waals surface area contributed by atoms with Crippen molar-refractivity contribution in [2.45, 2.75) is 59.0 Å². The van der Waals surface area contributed by atoms with Crippen molar-refractivity contribution in [3.8, 4) is 5.75 Å². The summed E-state index contributed by atoms with van der Waals surface area (Å²) in [5, 5.41) is 3.60. The summed E-state index contributed by atoms with van der Waals surface area (Å²) >= 11 is 6.21. The van der Waals surface area contributed by atoms with Crippen LogP contribution in [0.2, 0.25) is 5.02 Å². The predicted molar refractivity (Wildman–Crippen MR) is 103 cm³/mol. The highest BCUT2D eigenvalue weighted by atomic mass is 35.5. The van der Waals surface area contributed by atoms with Crippen molar-refractivity contribution in [3.63, 3.8) is 0 Å². The number of aryl methyl sites for hydroxylation is 3. The second-order valence-corrected chi connectivity index (χ2v) is 7.57. The molecule has 0 atom stereocenters. The van der Waals surface area contributed by atoms with E-state index in [1.165, 1.54) is 12.8 Å². The molecule has 2 heterocycles. The molecule has 3 rings (SSSR count). The first-order valence-electron chi connectivity index (χ1n) is 9.18. The van der Waals surface area contributed by atoms with E-state index in [2.05, 4.69) is 28.7 Å². The molecule has 1 amide bonds. The van der Waals surface area contributed by atoms with Gasteiger partial charge < -0.3 is 14.6 Å². The fraction of sp³-hybridized carbons (Fsp3) is 0.500. The molecule has 5 nitrogen and oxygen atoms in total. The van der Waals surface area contributed by atoms with E-state index in [-0.39, 0.29) is 18.4 Å². The molecule has 26 heavy (non-hydrogen) atoms. The Kier molecular flexibility index (Phi) is 5.87. The lowest BCUT2D eigenvalue weighted by Crippen LogP contribution is -2.28. The van der Waals surface area contributed by atoms with E-state index in [9.17, 15) is 4.79 Å². The fourth-order valence-electron chi connectivity index (χ4n) is 3.19. The SMILES string of the molecule is Cc1cc(OCC(=O)NCc2cn3c(n2)CCCC3)c(C(C)C)cc1Cl. The summed E-state index contributed by atoms with van der Waals surface area (Å²) in [5.41, 5.74) is 2.85. The number of hydrogen-bond acceptors (Lipinski definition) is 3. The Morgan fingerprint density at radius 1 is 1.38 bits per heavy atom. The molecule has 1 N–H and O–H groups in total. The maximum Gasteiger partial charge on any atom is 0.258 e. The van der Waals surface area contributed by atoms with Gasteiger partial charge in [-0.25, -0.2) is 4.98 Å². The van der Waals surface area contributed by atoms with E-state index in [0.29, 0.717) is 11.6 Å². The zero-order chi connectivity index (χ0) is 18.7. The monoisotopic (exact) mass is 375 g/mol. The van der Waals surface area contributed by atoms with E-state index in [0.717, 1.165) is 41.4 Å². The van der Waals surface area contributed by atoms with Gasteiger partial charge in [0.15, 0.2) is 6.61 Å². The van der Waals surface area contributed by atoms with Gasteiger partial charge in [0.05, 0.1) is 12.2 Å². The van der Waals surface area contributed by atoms with Gasteiger partial charge >= 0.3 is 0 Å². The molecule has 0 unspecified atom stereocenters. The van der Waals surface area contributed by atoms with Crippen LogP contribution in [0.3, 0.4) is 0 Å². The Hall–Kier alpha value is -2.01. The molecule has 0 saturated heterocycles. The number of rotatable bonds is 6. The molecule has 0 bridgehead atoms. The lowest BCUT2D eigenvalue weighted by Gasteiger charge is -2.15. The zero-order valence-electron chi connectivity index (χ0n) is 15.6. The highest BCUT2D eigenvalue weighted by molar-refractivity contribution is 6.31. The number of carbonyl (C=O) groups is 1. The van der Waals surface area contributed by atoms with Gasteiger partial charge in [0, 0.05) is 24.2 Å². The second kappa shape index (κ2) is 8.12. The fourth-order valence-corrected chi connectivity index (χ4v) is 3.36. The number of benzene rings is 1. The van der Waals surface area contributed by atoms with Gasteiger partial charge in [-0.05, 0) is 48.9 Å². The first kappa shape index (κ1) is 18.8. The summed E-state index contributed by atoms with van der Waals surface area (Å²) in [4.78, 5) is 16.8. The molecule has 0 radical (unpaired) electrons. The van der Waals surface area contributed by atoms with Crippen LogP contribution in [0.5, 0.6) is 5.75 Å². The van der Waals surface area contributed by atoms with Crippen molar-refractivity contribution >= 4 is 17.5 Å². The Bertz CT molecular complexity index is 775. The Labute approximate surface area is 159 Å². The number of nitrogens with zero attached hydrogens (tertiary/aromatic N) is 2. The van der Waals surface area contributed by atoms with Crippen molar-refractivity contribution in [2.75, 3.05) is 6.61 Å². The maximum absolute atomic E-state index is 12.2. The normalized spacial score (nSPS) is 13.6. The first-order valence-corrected chi connectivity index (χ1v) is 9.56. The third-order valence-electron chi connectivity index (χ3n) is 4.70. The molecule has 1 aliphatic rings. The highest BCUT2D eigenvalue weighted by Gasteiger charge is 2.14. The van der Waals surface area contributed by atoms with Crippen LogP contribution in [0, 0.1) is 6.92 Å². The predicted octanol–water partition coefficient (Wildman–Crippen LogP) is 4.00. The molecule has 1 aromatic heterocycles. The molecule has 0 fully saturated rings. The smallest absolute Gasteiger partial charge is 0.258 e. The van der Waals surface area contributed by atoms with Crippen LogP contribution in [-0.2, 0) is 24.3 Å². The molecule has 0 spiro atoms. The lowest BCUT2D eigenvalue weighted by atomic mass is 10.0. The molecule has 6 heteroatoms. The van der Waals surface area contributed by atoms with Crippen LogP contribution in [0.4, 0.5) is 0 Å². The molecular weight excluding hydrogens is 350 g/mol. The minimum absolute atomic E-state index is 0.0195. The van der Waals surface area contributed by atoms with Gasteiger partial charge in [-0.1, -0.05) is 25.4 Å². The molecule has 2 aromatic rings. The van der Waals surface area contributed by atoms with Gasteiger partial charge in [0.1, 0.15) is 11.6 Å². The summed E-state index contributed by atoms with van der Waals surface area (Å²) < 4.78 is 7.96. The minimum atomic E-state index is -0.154. The number of aromatic nitrogens is 2. The number of nitrogens with one attached hydrogen (secondary N) is 1. The van der Waals surface area contributed by atoms with E-state index in [4.69, 9.17) is 16.3 Å². The van der Waals surface area contributed by atoms with Crippen LogP contribution < -0.4 is 10.1 Å². The standard InChI is InChI=1S/C20H26ClN3O2/c1-13(2)16-9-17(21)14(3)8-18(16)26-12-20(25)22-10-15-11-24-7-5-4-6-19(24)23-15/h8-9,11,13H,4-7,10,12H2,1-3H3,(H,22,25). The molecule has 1 aromatic carbocycles. The minimum Gasteiger partial charge on any atom is -0.483 e. The lowest BCUT2D eigenvalue weighted by molar-refractivity contribution is -0.123. The van der Waals surface area contributed by atoms with Gasteiger partial charge in [-0.2, -0.15) is 0 Å². The van der Waals surface area contributed by atoms with Gasteiger partial charge in [0.25, 0.3) is 5.91 Å². The molecule has 1 aliphatic heterocycles. The molecule has 0 saturated carbocycles. The number of amides is 1. The van der Waals surface area contributed by atoms with E-state index < -0.39 is 0 Å². The van der Waals surface area contributed by atoms with Crippen molar-refractivity contribution in [3.05, 3.63) is 46.0 Å². The number of fused-ring (bicyclic) bond motifs is 1. The molecular formula is C20H26ClN3O2. The molecule has 140 valence electrons. The summed E-state index contributed by atoms with van der Waals surface area (Å²) in [6.07, 6.45) is 5.44. The Morgan fingerprint density at radius 3 is 2.92 bits per heavy atom. The number of imidazole rings is 1. The molecule has 0 aliphatic carbocycles. The Morgan fingerprint density at radius 2 is 2.19 bits per heavy atom. The quantitative estimate of drug-likeness (QED) is 0.830. The van der Waals surface area contributed by atoms with Gasteiger partial charge in [0.2, 0.25) is 0 Å². The summed E-state index contributed by atoms with van der Waals surface area (Å²) in [6.45, 7) is 7.52.